The Morgan fingerprint density at radius 2 is 2.18 bits per heavy atom. The molecule has 0 atom stereocenters. The Hall–Kier alpha value is -1.85. The van der Waals surface area contributed by atoms with E-state index in [4.69, 9.17) is 0 Å². The zero-order valence-electron chi connectivity index (χ0n) is 10.5. The first-order valence-electron chi connectivity index (χ1n) is 5.94. The van der Waals surface area contributed by atoms with E-state index in [1.165, 1.54) is 0 Å². The average Bonchev–Trinajstić information content (AvgIpc) is 2.82. The average molecular weight is 234 g/mol. The Kier molecular flexibility index (Phi) is 3.41. The Morgan fingerprint density at radius 3 is 2.82 bits per heavy atom. The highest BCUT2D eigenvalue weighted by molar-refractivity contribution is 5.87. The molecule has 2 heterocycles. The first-order valence-corrected chi connectivity index (χ1v) is 5.94. The molecule has 0 radical (unpaired) electrons. The molecule has 17 heavy (non-hydrogen) atoms. The van der Waals surface area contributed by atoms with Crippen LogP contribution in [0.25, 0.3) is 11.0 Å². The Morgan fingerprint density at radius 1 is 1.35 bits per heavy atom. The normalized spacial score (nSPS) is 10.8. The van der Waals surface area contributed by atoms with Crippen LogP contribution in [-0.2, 0) is 0 Å². The lowest BCUT2D eigenvalue weighted by Crippen LogP contribution is -2.25. The number of aromatic nitrogens is 4. The van der Waals surface area contributed by atoms with Crippen molar-refractivity contribution in [3.63, 3.8) is 0 Å². The maximum Gasteiger partial charge on any atom is 0.226 e. The maximum absolute atomic E-state index is 4.53. The molecule has 2 aromatic rings. The van der Waals surface area contributed by atoms with Gasteiger partial charge in [0.25, 0.3) is 0 Å². The fraction of sp³-hybridized carbons (Fsp3) is 0.545. The molecule has 2 rings (SSSR count). The van der Waals surface area contributed by atoms with Crippen molar-refractivity contribution < 1.29 is 0 Å². The first kappa shape index (κ1) is 11.6. The second kappa shape index (κ2) is 4.99. The molecule has 92 valence electrons. The Labute approximate surface area is 100 Å². The number of hydrogen-bond donors (Lipinski definition) is 2. The molecule has 0 aliphatic carbocycles. The van der Waals surface area contributed by atoms with Crippen molar-refractivity contribution in [2.75, 3.05) is 30.4 Å². The topological polar surface area (TPSA) is 69.7 Å². The lowest BCUT2D eigenvalue weighted by Gasteiger charge is -2.22. The highest BCUT2D eigenvalue weighted by Gasteiger charge is 2.13. The number of aromatic amines is 1. The van der Waals surface area contributed by atoms with E-state index in [1.54, 1.807) is 6.20 Å². The minimum Gasteiger partial charge on any atom is -0.357 e. The SMILES string of the molecule is CCCN(CC)c1nc(NC)nc2[nH]ncc12. The highest BCUT2D eigenvalue weighted by atomic mass is 15.3. The molecule has 2 aromatic heterocycles. The zero-order valence-corrected chi connectivity index (χ0v) is 10.5. The molecule has 0 spiro atoms. The maximum atomic E-state index is 4.53. The van der Waals surface area contributed by atoms with E-state index < -0.39 is 0 Å². The second-order valence-corrected chi connectivity index (χ2v) is 3.83. The fourth-order valence-corrected chi connectivity index (χ4v) is 1.86. The predicted octanol–water partition coefficient (Wildman–Crippen LogP) is 1.63. The highest BCUT2D eigenvalue weighted by Crippen LogP contribution is 2.23. The van der Waals surface area contributed by atoms with Crippen LogP contribution in [-0.4, -0.2) is 40.3 Å². The van der Waals surface area contributed by atoms with Gasteiger partial charge in [0.1, 0.15) is 5.82 Å². The van der Waals surface area contributed by atoms with Gasteiger partial charge < -0.3 is 10.2 Å². The number of H-pyrrole nitrogens is 1. The molecule has 6 heteroatoms. The quantitative estimate of drug-likeness (QED) is 0.823. The molecule has 0 unspecified atom stereocenters. The second-order valence-electron chi connectivity index (χ2n) is 3.83. The van der Waals surface area contributed by atoms with Gasteiger partial charge in [-0.1, -0.05) is 6.92 Å². The summed E-state index contributed by atoms with van der Waals surface area (Å²) >= 11 is 0. The molecule has 0 amide bonds. The van der Waals surface area contributed by atoms with Crippen LogP contribution in [0.4, 0.5) is 11.8 Å². The smallest absolute Gasteiger partial charge is 0.226 e. The standard InChI is InChI=1S/C11H18N6/c1-4-6-17(5-2)10-8-7-13-16-9(8)14-11(12-3)15-10/h7H,4-6H2,1-3H3,(H2,12,13,14,15,16). The summed E-state index contributed by atoms with van der Waals surface area (Å²) in [7, 11) is 1.82. The lowest BCUT2D eigenvalue weighted by molar-refractivity contribution is 0.781. The van der Waals surface area contributed by atoms with Crippen molar-refractivity contribution in [3.05, 3.63) is 6.20 Å². The number of nitrogens with zero attached hydrogens (tertiary/aromatic N) is 4. The van der Waals surface area contributed by atoms with Gasteiger partial charge >= 0.3 is 0 Å². The molecule has 0 fully saturated rings. The zero-order chi connectivity index (χ0) is 12.3. The van der Waals surface area contributed by atoms with Gasteiger partial charge in [-0.25, -0.2) is 0 Å². The van der Waals surface area contributed by atoms with Crippen molar-refractivity contribution in [2.45, 2.75) is 20.3 Å². The van der Waals surface area contributed by atoms with Gasteiger partial charge in [0, 0.05) is 20.1 Å². The molecule has 0 bridgehead atoms. The van der Waals surface area contributed by atoms with Crippen LogP contribution in [0.5, 0.6) is 0 Å². The van der Waals surface area contributed by atoms with Crippen molar-refractivity contribution in [1.29, 1.82) is 0 Å². The number of rotatable bonds is 5. The number of fused-ring (bicyclic) bond motifs is 1. The summed E-state index contributed by atoms with van der Waals surface area (Å²) in [5.41, 5.74) is 0.772. The molecule has 6 nitrogen and oxygen atoms in total. The Balaban J connectivity index is 2.52. The minimum absolute atomic E-state index is 0.617. The molecule has 0 saturated heterocycles. The molecule has 0 aliphatic rings. The van der Waals surface area contributed by atoms with E-state index in [1.807, 2.05) is 7.05 Å². The summed E-state index contributed by atoms with van der Waals surface area (Å²) in [6.07, 6.45) is 2.87. The van der Waals surface area contributed by atoms with Crippen LogP contribution in [0, 0.1) is 0 Å². The predicted molar refractivity (Wildman–Crippen MR) is 69.4 cm³/mol. The monoisotopic (exact) mass is 234 g/mol. The summed E-state index contributed by atoms with van der Waals surface area (Å²) in [5, 5.41) is 10.9. The third-order valence-electron chi connectivity index (χ3n) is 2.69. The van der Waals surface area contributed by atoms with E-state index in [0.717, 1.165) is 36.4 Å². The van der Waals surface area contributed by atoms with E-state index in [0.29, 0.717) is 5.95 Å². The van der Waals surface area contributed by atoms with Crippen molar-refractivity contribution in [1.82, 2.24) is 20.2 Å². The van der Waals surface area contributed by atoms with Gasteiger partial charge in [0.2, 0.25) is 5.95 Å². The van der Waals surface area contributed by atoms with E-state index in [2.05, 4.69) is 44.2 Å². The third-order valence-corrected chi connectivity index (χ3v) is 2.69. The van der Waals surface area contributed by atoms with Crippen LogP contribution in [0.15, 0.2) is 6.20 Å². The van der Waals surface area contributed by atoms with Crippen LogP contribution in [0.2, 0.25) is 0 Å². The van der Waals surface area contributed by atoms with Crippen molar-refractivity contribution in [3.8, 4) is 0 Å². The molecule has 0 aromatic carbocycles. The first-order chi connectivity index (χ1) is 8.30. The molecule has 0 aliphatic heterocycles. The summed E-state index contributed by atoms with van der Waals surface area (Å²) in [5.74, 6) is 1.56. The molecule has 2 N–H and O–H groups in total. The van der Waals surface area contributed by atoms with Crippen LogP contribution in [0.1, 0.15) is 20.3 Å². The van der Waals surface area contributed by atoms with Crippen molar-refractivity contribution in [2.24, 2.45) is 0 Å². The number of nitrogens with one attached hydrogen (secondary N) is 2. The number of hydrogen-bond acceptors (Lipinski definition) is 5. The number of anilines is 2. The minimum atomic E-state index is 0.617. The summed E-state index contributed by atoms with van der Waals surface area (Å²) in [6, 6.07) is 0. The summed E-state index contributed by atoms with van der Waals surface area (Å²) in [4.78, 5) is 11.1. The van der Waals surface area contributed by atoms with E-state index in [9.17, 15) is 0 Å². The van der Waals surface area contributed by atoms with Gasteiger partial charge in [-0.2, -0.15) is 15.1 Å². The summed E-state index contributed by atoms with van der Waals surface area (Å²) < 4.78 is 0. The van der Waals surface area contributed by atoms with Gasteiger partial charge in [-0.15, -0.1) is 0 Å². The van der Waals surface area contributed by atoms with Gasteiger partial charge in [0.05, 0.1) is 11.6 Å². The van der Waals surface area contributed by atoms with E-state index >= 15 is 0 Å². The lowest BCUT2D eigenvalue weighted by atomic mass is 10.3. The van der Waals surface area contributed by atoms with Crippen LogP contribution >= 0.6 is 0 Å². The van der Waals surface area contributed by atoms with Gasteiger partial charge in [0.15, 0.2) is 5.65 Å². The summed E-state index contributed by atoms with van der Waals surface area (Å²) in [6.45, 7) is 6.20. The third kappa shape index (κ3) is 2.15. The van der Waals surface area contributed by atoms with E-state index in [-0.39, 0.29) is 0 Å². The fourth-order valence-electron chi connectivity index (χ4n) is 1.86. The van der Waals surface area contributed by atoms with Gasteiger partial charge in [-0.3, -0.25) is 5.10 Å². The molecular weight excluding hydrogens is 216 g/mol. The van der Waals surface area contributed by atoms with Crippen LogP contribution < -0.4 is 10.2 Å². The Bertz CT molecular complexity index is 492. The largest absolute Gasteiger partial charge is 0.357 e. The van der Waals surface area contributed by atoms with Crippen LogP contribution in [0.3, 0.4) is 0 Å². The molecular formula is C11H18N6. The van der Waals surface area contributed by atoms with Crippen molar-refractivity contribution >= 4 is 22.8 Å². The molecule has 0 saturated carbocycles. The van der Waals surface area contributed by atoms with Gasteiger partial charge in [-0.05, 0) is 13.3 Å².